The molecule has 8 nitrogen and oxygen atoms in total. The lowest BCUT2D eigenvalue weighted by atomic mass is 10.0. The minimum Gasteiger partial charge on any atom is -0.497 e. The third kappa shape index (κ3) is 4.13. The summed E-state index contributed by atoms with van der Waals surface area (Å²) in [6.07, 6.45) is -0.955. The van der Waals surface area contributed by atoms with Crippen LogP contribution < -0.4 is 14.4 Å². The third-order valence-corrected chi connectivity index (χ3v) is 5.67. The largest absolute Gasteiger partial charge is 0.497 e. The number of para-hydroxylation sites is 2. The van der Waals surface area contributed by atoms with E-state index in [1.54, 1.807) is 38.2 Å². The highest BCUT2D eigenvalue weighted by Gasteiger charge is 2.32. The first kappa shape index (κ1) is 21.7. The van der Waals surface area contributed by atoms with Crippen LogP contribution in [0.15, 0.2) is 53.1 Å². The molecule has 0 radical (unpaired) electrons. The molecule has 168 valence electrons. The molecule has 3 aromatic rings. The number of piperazine rings is 1. The Morgan fingerprint density at radius 3 is 2.34 bits per heavy atom. The molecule has 0 spiro atoms. The number of rotatable bonds is 6. The molecular formula is C24H27N3O5. The molecule has 1 N–H and O–H groups in total. The van der Waals surface area contributed by atoms with E-state index in [0.717, 1.165) is 17.0 Å². The summed E-state index contributed by atoms with van der Waals surface area (Å²) in [4.78, 5) is 17.5. The second-order valence-electron chi connectivity index (χ2n) is 7.63. The molecule has 1 aliphatic rings. The Labute approximate surface area is 186 Å². The molecule has 1 saturated heterocycles. The fourth-order valence-electron chi connectivity index (χ4n) is 3.94. The summed E-state index contributed by atoms with van der Waals surface area (Å²) in [5.41, 5.74) is 2.45. The van der Waals surface area contributed by atoms with Gasteiger partial charge in [-0.15, -0.1) is 0 Å². The van der Waals surface area contributed by atoms with Gasteiger partial charge in [0, 0.05) is 31.7 Å². The smallest absolute Gasteiger partial charge is 0.259 e. The van der Waals surface area contributed by atoms with E-state index in [9.17, 15) is 9.90 Å². The minimum atomic E-state index is -0.955. The van der Waals surface area contributed by atoms with Gasteiger partial charge in [0.05, 0.1) is 19.9 Å². The van der Waals surface area contributed by atoms with Gasteiger partial charge in [-0.25, -0.2) is 0 Å². The van der Waals surface area contributed by atoms with Gasteiger partial charge in [-0.3, -0.25) is 4.79 Å². The first-order valence-electron chi connectivity index (χ1n) is 10.5. The molecule has 2 heterocycles. The number of aliphatic hydroxyl groups is 1. The predicted molar refractivity (Wildman–Crippen MR) is 120 cm³/mol. The molecular weight excluding hydrogens is 410 g/mol. The minimum absolute atomic E-state index is 0.174. The zero-order valence-electron chi connectivity index (χ0n) is 18.4. The number of methoxy groups -OCH3 is 2. The average molecular weight is 437 g/mol. The van der Waals surface area contributed by atoms with E-state index >= 15 is 0 Å². The lowest BCUT2D eigenvalue weighted by molar-refractivity contribution is 0.0735. The van der Waals surface area contributed by atoms with E-state index in [1.807, 2.05) is 36.4 Å². The quantitative estimate of drug-likeness (QED) is 0.632. The molecule has 1 aromatic heterocycles. The van der Waals surface area contributed by atoms with Crippen LogP contribution >= 0.6 is 0 Å². The summed E-state index contributed by atoms with van der Waals surface area (Å²) in [5, 5.41) is 14.3. The Bertz CT molecular complexity index is 1070. The molecule has 4 rings (SSSR count). The Kier molecular flexibility index (Phi) is 6.32. The van der Waals surface area contributed by atoms with Crippen molar-refractivity contribution in [3.63, 3.8) is 0 Å². The number of benzene rings is 2. The second kappa shape index (κ2) is 9.32. The molecule has 0 aliphatic carbocycles. The standard InChI is InChI=1S/C24H27N3O5/c1-16(28)23-21(22(25-32-23)17-8-10-18(30-2)11-9-17)24(29)27-14-12-26(13-15-27)19-6-4-5-7-20(19)31-3/h4-11,16,28H,12-15H2,1-3H3. The monoisotopic (exact) mass is 437 g/mol. The summed E-state index contributed by atoms with van der Waals surface area (Å²) < 4.78 is 16.1. The molecule has 1 aliphatic heterocycles. The average Bonchev–Trinajstić information content (AvgIpc) is 3.29. The number of nitrogens with zero attached hydrogens (tertiary/aromatic N) is 3. The normalized spacial score (nSPS) is 14.9. The van der Waals surface area contributed by atoms with Crippen LogP contribution in [0, 0.1) is 0 Å². The molecule has 2 aromatic carbocycles. The van der Waals surface area contributed by atoms with Crippen molar-refractivity contribution < 1.29 is 23.9 Å². The van der Waals surface area contributed by atoms with Crippen LogP contribution in [0.3, 0.4) is 0 Å². The maximum atomic E-state index is 13.5. The first-order valence-corrected chi connectivity index (χ1v) is 10.5. The molecule has 32 heavy (non-hydrogen) atoms. The molecule has 1 amide bonds. The van der Waals surface area contributed by atoms with E-state index in [1.165, 1.54) is 0 Å². The van der Waals surface area contributed by atoms with Gasteiger partial charge < -0.3 is 28.9 Å². The van der Waals surface area contributed by atoms with Crippen LogP contribution in [0.5, 0.6) is 11.5 Å². The summed E-state index contributed by atoms with van der Waals surface area (Å²) in [7, 11) is 3.25. The SMILES string of the molecule is COc1ccc(-c2noc(C(C)O)c2C(=O)N2CCN(c3ccccc3OC)CC2)cc1. The number of aliphatic hydroxyl groups excluding tert-OH is 1. The van der Waals surface area contributed by atoms with E-state index in [4.69, 9.17) is 14.0 Å². The summed E-state index contributed by atoms with van der Waals surface area (Å²) in [5.74, 6) is 1.48. The number of anilines is 1. The lowest BCUT2D eigenvalue weighted by Gasteiger charge is -2.36. The van der Waals surface area contributed by atoms with E-state index in [-0.39, 0.29) is 11.7 Å². The van der Waals surface area contributed by atoms with Gasteiger partial charge in [0.15, 0.2) is 5.76 Å². The number of ether oxygens (including phenoxy) is 2. The topological polar surface area (TPSA) is 88.3 Å². The maximum absolute atomic E-state index is 13.5. The number of carbonyl (C=O) groups is 1. The first-order chi connectivity index (χ1) is 15.5. The number of amides is 1. The van der Waals surface area contributed by atoms with Crippen LogP contribution in [-0.2, 0) is 0 Å². The Balaban J connectivity index is 1.57. The molecule has 0 saturated carbocycles. The van der Waals surface area contributed by atoms with Crippen molar-refractivity contribution in [3.05, 3.63) is 59.9 Å². The molecule has 0 bridgehead atoms. The summed E-state index contributed by atoms with van der Waals surface area (Å²) in [6.45, 7) is 3.96. The van der Waals surface area contributed by atoms with Crippen LogP contribution in [0.2, 0.25) is 0 Å². The van der Waals surface area contributed by atoms with Crippen molar-refractivity contribution in [3.8, 4) is 22.8 Å². The third-order valence-electron chi connectivity index (χ3n) is 5.67. The van der Waals surface area contributed by atoms with Crippen molar-refractivity contribution >= 4 is 11.6 Å². The Morgan fingerprint density at radius 2 is 1.72 bits per heavy atom. The number of carbonyl (C=O) groups excluding carboxylic acids is 1. The fraction of sp³-hybridized carbons (Fsp3) is 0.333. The fourth-order valence-corrected chi connectivity index (χ4v) is 3.94. The van der Waals surface area contributed by atoms with Crippen molar-refractivity contribution in [2.24, 2.45) is 0 Å². The van der Waals surface area contributed by atoms with Crippen molar-refractivity contribution in [2.75, 3.05) is 45.3 Å². The molecule has 8 heteroatoms. The van der Waals surface area contributed by atoms with Gasteiger partial charge in [0.25, 0.3) is 5.91 Å². The number of hydrogen-bond donors (Lipinski definition) is 1. The lowest BCUT2D eigenvalue weighted by Crippen LogP contribution is -2.49. The maximum Gasteiger partial charge on any atom is 0.259 e. The number of aromatic nitrogens is 1. The number of hydrogen-bond acceptors (Lipinski definition) is 7. The zero-order chi connectivity index (χ0) is 22.7. The zero-order valence-corrected chi connectivity index (χ0v) is 18.4. The van der Waals surface area contributed by atoms with Gasteiger partial charge >= 0.3 is 0 Å². The molecule has 1 fully saturated rings. The van der Waals surface area contributed by atoms with Gasteiger partial charge in [0.2, 0.25) is 0 Å². The highest BCUT2D eigenvalue weighted by atomic mass is 16.5. The van der Waals surface area contributed by atoms with Gasteiger partial charge in [-0.05, 0) is 43.3 Å². The molecule has 1 unspecified atom stereocenters. The van der Waals surface area contributed by atoms with Crippen molar-refractivity contribution in [1.29, 1.82) is 0 Å². The van der Waals surface area contributed by atoms with Crippen molar-refractivity contribution in [2.45, 2.75) is 13.0 Å². The van der Waals surface area contributed by atoms with Crippen LogP contribution in [0.4, 0.5) is 5.69 Å². The Hall–Kier alpha value is -3.52. The van der Waals surface area contributed by atoms with E-state index in [2.05, 4.69) is 10.1 Å². The van der Waals surface area contributed by atoms with Crippen LogP contribution in [-0.4, -0.2) is 61.5 Å². The van der Waals surface area contributed by atoms with Gasteiger partial charge in [0.1, 0.15) is 28.9 Å². The van der Waals surface area contributed by atoms with E-state index < -0.39 is 6.10 Å². The highest BCUT2D eigenvalue weighted by Crippen LogP contribution is 2.32. The van der Waals surface area contributed by atoms with Crippen molar-refractivity contribution in [1.82, 2.24) is 10.1 Å². The summed E-state index contributed by atoms with van der Waals surface area (Å²) in [6, 6.07) is 15.1. The summed E-state index contributed by atoms with van der Waals surface area (Å²) >= 11 is 0. The molecule has 1 atom stereocenters. The van der Waals surface area contributed by atoms with E-state index in [0.29, 0.717) is 43.2 Å². The highest BCUT2D eigenvalue weighted by molar-refractivity contribution is 6.01. The predicted octanol–water partition coefficient (Wildman–Crippen LogP) is 3.37. The van der Waals surface area contributed by atoms with Gasteiger partial charge in [-0.1, -0.05) is 17.3 Å². The van der Waals surface area contributed by atoms with Crippen LogP contribution in [0.1, 0.15) is 29.1 Å². The Morgan fingerprint density at radius 1 is 1.03 bits per heavy atom. The second-order valence-corrected chi connectivity index (χ2v) is 7.63. The van der Waals surface area contributed by atoms with Gasteiger partial charge in [-0.2, -0.15) is 0 Å². The van der Waals surface area contributed by atoms with Crippen LogP contribution in [0.25, 0.3) is 11.3 Å².